The van der Waals surface area contributed by atoms with Crippen molar-refractivity contribution in [3.8, 4) is 0 Å². The Kier molecular flexibility index (Phi) is 6.27. The van der Waals surface area contributed by atoms with Crippen molar-refractivity contribution in [2.75, 3.05) is 11.9 Å². The largest absolute Gasteiger partial charge is 1.00 e. The third-order valence-electron chi connectivity index (χ3n) is 5.51. The van der Waals surface area contributed by atoms with E-state index in [9.17, 15) is 4.79 Å². The summed E-state index contributed by atoms with van der Waals surface area (Å²) in [7, 11) is 4.09. The van der Waals surface area contributed by atoms with Crippen LogP contribution >= 0.6 is 23.1 Å². The smallest absolute Gasteiger partial charge is 0.271 e. The first-order valence-electron chi connectivity index (χ1n) is 9.92. The molecule has 158 valence electrons. The van der Waals surface area contributed by atoms with E-state index in [4.69, 9.17) is 0 Å². The van der Waals surface area contributed by atoms with Gasteiger partial charge in [0, 0.05) is 30.6 Å². The third kappa shape index (κ3) is 3.72. The highest BCUT2D eigenvalue weighted by atomic mass is 127. The fourth-order valence-electron chi connectivity index (χ4n) is 3.92. The van der Waals surface area contributed by atoms with Gasteiger partial charge in [-0.3, -0.25) is 9.36 Å². The lowest BCUT2D eigenvalue weighted by molar-refractivity contribution is -0.644. The van der Waals surface area contributed by atoms with Crippen LogP contribution in [0.4, 0.5) is 5.69 Å². The molecule has 0 saturated carbocycles. The number of halogens is 1. The van der Waals surface area contributed by atoms with Crippen LogP contribution in [-0.4, -0.2) is 11.6 Å². The molecule has 0 saturated heterocycles. The van der Waals surface area contributed by atoms with Gasteiger partial charge in [0.2, 0.25) is 5.52 Å². The second kappa shape index (κ2) is 8.80. The molecular formula is C24H22IN3OS2. The lowest BCUT2D eigenvalue weighted by Gasteiger charge is -2.11. The van der Waals surface area contributed by atoms with Gasteiger partial charge in [0.1, 0.15) is 16.6 Å². The van der Waals surface area contributed by atoms with Gasteiger partial charge in [-0.2, -0.15) is 0 Å². The SMILES string of the molecule is CCn1c(=O)/c(=C2\Sc3ccccc3N2C)s/c1=C/c1cc[n+](C)c2ccccc12.[I-]. The second-order valence-electron chi connectivity index (χ2n) is 7.30. The maximum Gasteiger partial charge on any atom is 0.271 e. The molecule has 1 aliphatic heterocycles. The fraction of sp³-hybridized carbons (Fsp3) is 0.167. The van der Waals surface area contributed by atoms with E-state index in [1.165, 1.54) is 15.8 Å². The highest BCUT2D eigenvalue weighted by Crippen LogP contribution is 2.44. The highest BCUT2D eigenvalue weighted by molar-refractivity contribution is 8.08. The number of aromatic nitrogens is 2. The minimum Gasteiger partial charge on any atom is -1.00 e. The Morgan fingerprint density at radius 1 is 1.06 bits per heavy atom. The van der Waals surface area contributed by atoms with Crippen LogP contribution in [0.5, 0.6) is 0 Å². The van der Waals surface area contributed by atoms with Crippen molar-refractivity contribution >= 4 is 50.8 Å². The average Bonchev–Trinajstić information content (AvgIpc) is 3.26. The van der Waals surface area contributed by atoms with Gasteiger partial charge in [-0.1, -0.05) is 36.0 Å². The van der Waals surface area contributed by atoms with Gasteiger partial charge in [0.15, 0.2) is 6.20 Å². The number of hydrogen-bond acceptors (Lipinski definition) is 4. The summed E-state index contributed by atoms with van der Waals surface area (Å²) in [5.74, 6) is 0. The number of fused-ring (bicyclic) bond motifs is 2. The van der Waals surface area contributed by atoms with E-state index >= 15 is 0 Å². The number of para-hydroxylation sites is 2. The minimum absolute atomic E-state index is 0. The van der Waals surface area contributed by atoms with Gasteiger partial charge in [-0.05, 0) is 36.8 Å². The van der Waals surface area contributed by atoms with Crippen LogP contribution in [0.3, 0.4) is 0 Å². The van der Waals surface area contributed by atoms with Crippen LogP contribution in [0, 0.1) is 0 Å². The molecular weight excluding hydrogens is 537 g/mol. The molecule has 4 aromatic rings. The maximum absolute atomic E-state index is 13.3. The van der Waals surface area contributed by atoms with Gasteiger partial charge < -0.3 is 28.9 Å². The van der Waals surface area contributed by atoms with Crippen molar-refractivity contribution < 1.29 is 28.5 Å². The van der Waals surface area contributed by atoms with Crippen LogP contribution in [0.25, 0.3) is 22.0 Å². The Morgan fingerprint density at radius 2 is 1.81 bits per heavy atom. The number of benzene rings is 2. The second-order valence-corrected chi connectivity index (χ2v) is 9.36. The van der Waals surface area contributed by atoms with Gasteiger partial charge in [-0.25, -0.2) is 4.57 Å². The topological polar surface area (TPSA) is 29.1 Å². The number of hydrogen-bond donors (Lipinski definition) is 0. The molecule has 0 aliphatic carbocycles. The van der Waals surface area contributed by atoms with Gasteiger partial charge in [0.05, 0.1) is 15.7 Å². The number of thioether (sulfide) groups is 1. The molecule has 0 unspecified atom stereocenters. The average molecular weight is 559 g/mol. The van der Waals surface area contributed by atoms with Gasteiger partial charge >= 0.3 is 0 Å². The summed E-state index contributed by atoms with van der Waals surface area (Å²) < 4.78 is 5.79. The summed E-state index contributed by atoms with van der Waals surface area (Å²) in [6.45, 7) is 2.68. The third-order valence-corrected chi connectivity index (χ3v) is 8.00. The number of pyridine rings is 1. The normalized spacial score (nSPS) is 15.3. The lowest BCUT2D eigenvalue weighted by atomic mass is 10.1. The first kappa shape index (κ1) is 22.1. The molecule has 0 fully saturated rings. The molecule has 2 aromatic heterocycles. The Balaban J connectivity index is 0.00000231. The van der Waals surface area contributed by atoms with E-state index in [1.54, 1.807) is 23.1 Å². The van der Waals surface area contributed by atoms with Crippen molar-refractivity contribution in [1.82, 2.24) is 4.57 Å². The summed E-state index contributed by atoms with van der Waals surface area (Å²) in [4.78, 5) is 16.6. The van der Waals surface area contributed by atoms with Crippen LogP contribution in [0.1, 0.15) is 12.5 Å². The Hall–Kier alpha value is -2.10. The summed E-state index contributed by atoms with van der Waals surface area (Å²) in [5.41, 5.74) is 3.53. The van der Waals surface area contributed by atoms with Crippen LogP contribution in [0.2, 0.25) is 0 Å². The standard InChI is InChI=1S/C24H22N3OS2.HI/c1-4-27-21(15-16-13-14-25(2)18-10-6-5-9-17(16)18)30-22(23(27)28)24-26(3)19-11-7-8-12-20(19)29-24;/h5-15H,4H2,1-3H3;1H/q+1;/p-1/b24-22+;. The zero-order chi connectivity index (χ0) is 20.8. The number of aryl methyl sites for hydroxylation is 1. The minimum atomic E-state index is 0. The Bertz CT molecular complexity index is 1470. The van der Waals surface area contributed by atoms with Gasteiger partial charge in [0.25, 0.3) is 5.56 Å². The van der Waals surface area contributed by atoms with Crippen LogP contribution in [-0.2, 0) is 13.6 Å². The molecule has 2 aromatic carbocycles. The van der Waals surface area contributed by atoms with E-state index in [0.717, 1.165) is 25.5 Å². The molecule has 0 N–H and O–H groups in total. The van der Waals surface area contributed by atoms with E-state index in [1.807, 2.05) is 30.7 Å². The zero-order valence-electron chi connectivity index (χ0n) is 17.5. The van der Waals surface area contributed by atoms with E-state index in [0.29, 0.717) is 6.54 Å². The van der Waals surface area contributed by atoms with Crippen LogP contribution in [0.15, 0.2) is 70.5 Å². The molecule has 5 rings (SSSR count). The molecule has 4 nitrogen and oxygen atoms in total. The quantitative estimate of drug-likeness (QED) is 0.257. The van der Waals surface area contributed by atoms with Crippen molar-refractivity contribution in [1.29, 1.82) is 0 Å². The summed E-state index contributed by atoms with van der Waals surface area (Å²) in [6, 6.07) is 18.8. The van der Waals surface area contributed by atoms with Crippen molar-refractivity contribution in [3.05, 3.63) is 85.9 Å². The van der Waals surface area contributed by atoms with Crippen molar-refractivity contribution in [3.63, 3.8) is 0 Å². The predicted octanol–water partition coefficient (Wildman–Crippen LogP) is 0.0480. The summed E-state index contributed by atoms with van der Waals surface area (Å²) in [6.07, 6.45) is 4.22. The number of rotatable bonds is 2. The van der Waals surface area contributed by atoms with E-state index in [2.05, 4.69) is 71.3 Å². The first-order valence-corrected chi connectivity index (χ1v) is 11.6. The predicted molar refractivity (Wildman–Crippen MR) is 126 cm³/mol. The number of thiazole rings is 1. The van der Waals surface area contributed by atoms with Crippen molar-refractivity contribution in [2.45, 2.75) is 18.4 Å². The first-order chi connectivity index (χ1) is 14.6. The molecule has 3 heterocycles. The number of nitrogens with zero attached hydrogens (tertiary/aromatic N) is 3. The maximum atomic E-state index is 13.3. The molecule has 0 amide bonds. The Labute approximate surface area is 206 Å². The monoisotopic (exact) mass is 559 g/mol. The van der Waals surface area contributed by atoms with Crippen molar-refractivity contribution in [2.24, 2.45) is 7.05 Å². The van der Waals surface area contributed by atoms with Crippen LogP contribution < -0.4 is 48.2 Å². The molecule has 0 bridgehead atoms. The van der Waals surface area contributed by atoms with E-state index < -0.39 is 0 Å². The molecule has 0 spiro atoms. The van der Waals surface area contributed by atoms with E-state index in [-0.39, 0.29) is 29.5 Å². The zero-order valence-corrected chi connectivity index (χ0v) is 21.3. The van der Waals surface area contributed by atoms with Gasteiger partial charge in [-0.15, -0.1) is 11.3 Å². The number of anilines is 1. The molecule has 0 atom stereocenters. The summed E-state index contributed by atoms with van der Waals surface area (Å²) >= 11 is 3.26. The Morgan fingerprint density at radius 3 is 2.58 bits per heavy atom. The molecule has 31 heavy (non-hydrogen) atoms. The lowest BCUT2D eigenvalue weighted by Crippen LogP contribution is -3.00. The molecule has 1 aliphatic rings. The fourth-order valence-corrected chi connectivity index (χ4v) is 6.38. The molecule has 7 heteroatoms. The summed E-state index contributed by atoms with van der Waals surface area (Å²) in [5, 5.41) is 2.19. The highest BCUT2D eigenvalue weighted by Gasteiger charge is 2.24. The molecule has 0 radical (unpaired) electrons.